The molecule has 2 aromatic carbocycles. The van der Waals surface area contributed by atoms with E-state index in [2.05, 4.69) is 62.4 Å². The van der Waals surface area contributed by atoms with Crippen LogP contribution >= 0.6 is 23.2 Å². The minimum Gasteiger partial charge on any atom is -0.103 e. The average Bonchev–Trinajstić information content (AvgIpc) is 2.44. The van der Waals surface area contributed by atoms with Gasteiger partial charge in [0, 0.05) is 30.5 Å². The number of alkyl halides is 2. The molecule has 19 heavy (non-hydrogen) atoms. The van der Waals surface area contributed by atoms with Crippen molar-refractivity contribution in [2.75, 3.05) is 0 Å². The van der Waals surface area contributed by atoms with Gasteiger partial charge in [-0.25, -0.2) is 0 Å². The first-order chi connectivity index (χ1) is 9.06. The first-order valence-corrected chi connectivity index (χ1v) is 7.25. The standard InChI is InChI=1S/C17H15Cl2/c1-11-12-7-3-4-8-13(12)14-9-5-6-10-15(14)17(11,2)16(18)19/h3-10,16H,1-2H3/q+1. The van der Waals surface area contributed by atoms with Crippen LogP contribution < -0.4 is 0 Å². The molecule has 0 spiro atoms. The summed E-state index contributed by atoms with van der Waals surface area (Å²) in [4.78, 5) is -0.470. The SMILES string of the molecule is C[C+]1c2ccccc2-c2ccccc2C1(C)C(Cl)Cl. The molecule has 2 heteroatoms. The summed E-state index contributed by atoms with van der Waals surface area (Å²) in [5.41, 5.74) is 4.62. The Labute approximate surface area is 124 Å². The summed E-state index contributed by atoms with van der Waals surface area (Å²) in [6.45, 7) is 4.26. The molecule has 0 radical (unpaired) electrons. The molecular formula is C17H15Cl2+. The normalized spacial score (nSPS) is 21.2. The lowest BCUT2D eigenvalue weighted by Crippen LogP contribution is -2.39. The first kappa shape index (κ1) is 12.9. The number of hydrogen-bond acceptors (Lipinski definition) is 0. The Morgan fingerprint density at radius 2 is 1.53 bits per heavy atom. The molecular weight excluding hydrogens is 275 g/mol. The molecule has 0 fully saturated rings. The predicted molar refractivity (Wildman–Crippen MR) is 82.7 cm³/mol. The number of fused-ring (bicyclic) bond motifs is 3. The van der Waals surface area contributed by atoms with Crippen LogP contribution in [0.1, 0.15) is 25.0 Å². The zero-order valence-electron chi connectivity index (χ0n) is 11.0. The van der Waals surface area contributed by atoms with Crippen molar-refractivity contribution in [2.24, 2.45) is 0 Å². The molecule has 0 N–H and O–H groups in total. The lowest BCUT2D eigenvalue weighted by molar-refractivity contribution is 0.539. The van der Waals surface area contributed by atoms with Gasteiger partial charge in [-0.2, -0.15) is 0 Å². The van der Waals surface area contributed by atoms with Crippen molar-refractivity contribution in [1.29, 1.82) is 0 Å². The topological polar surface area (TPSA) is 0 Å². The average molecular weight is 290 g/mol. The van der Waals surface area contributed by atoms with Crippen molar-refractivity contribution in [2.45, 2.75) is 24.1 Å². The largest absolute Gasteiger partial charge is 0.141 e. The van der Waals surface area contributed by atoms with Crippen molar-refractivity contribution in [1.82, 2.24) is 0 Å². The zero-order chi connectivity index (χ0) is 13.6. The Morgan fingerprint density at radius 1 is 0.947 bits per heavy atom. The van der Waals surface area contributed by atoms with E-state index < -0.39 is 4.84 Å². The van der Waals surface area contributed by atoms with E-state index in [1.807, 2.05) is 0 Å². The Hall–Kier alpha value is -1.11. The molecule has 1 aliphatic rings. The monoisotopic (exact) mass is 289 g/mol. The van der Waals surface area contributed by atoms with E-state index in [0.29, 0.717) is 0 Å². The number of benzene rings is 2. The second-order valence-corrected chi connectivity index (χ2v) is 6.32. The van der Waals surface area contributed by atoms with Crippen LogP contribution in [0.4, 0.5) is 0 Å². The van der Waals surface area contributed by atoms with Gasteiger partial charge in [0.1, 0.15) is 10.4 Å². The summed E-state index contributed by atoms with van der Waals surface area (Å²) in [6.07, 6.45) is 0. The van der Waals surface area contributed by atoms with Crippen LogP contribution in [0.15, 0.2) is 48.5 Å². The van der Waals surface area contributed by atoms with Crippen molar-refractivity contribution < 1.29 is 0 Å². The maximum Gasteiger partial charge on any atom is 0.141 e. The van der Waals surface area contributed by atoms with Gasteiger partial charge in [-0.3, -0.25) is 0 Å². The molecule has 96 valence electrons. The van der Waals surface area contributed by atoms with Crippen molar-refractivity contribution in [3.8, 4) is 11.1 Å². The van der Waals surface area contributed by atoms with Crippen LogP contribution in [0.5, 0.6) is 0 Å². The molecule has 0 heterocycles. The van der Waals surface area contributed by atoms with Gasteiger partial charge in [0.15, 0.2) is 0 Å². The molecule has 1 unspecified atom stereocenters. The highest BCUT2D eigenvalue weighted by molar-refractivity contribution is 6.45. The summed E-state index contributed by atoms with van der Waals surface area (Å²) in [7, 11) is 0. The van der Waals surface area contributed by atoms with E-state index in [1.165, 1.54) is 28.2 Å². The second-order valence-electron chi connectivity index (χ2n) is 5.22. The smallest absolute Gasteiger partial charge is 0.103 e. The summed E-state index contributed by atoms with van der Waals surface area (Å²) in [6, 6.07) is 16.8. The van der Waals surface area contributed by atoms with Crippen molar-refractivity contribution in [3.63, 3.8) is 0 Å². The maximum atomic E-state index is 6.33. The third-order valence-corrected chi connectivity index (χ3v) is 5.20. The van der Waals surface area contributed by atoms with E-state index >= 15 is 0 Å². The van der Waals surface area contributed by atoms with Crippen LogP contribution in [0.25, 0.3) is 11.1 Å². The molecule has 0 saturated carbocycles. The lowest BCUT2D eigenvalue weighted by Gasteiger charge is -2.38. The van der Waals surface area contributed by atoms with Crippen molar-refractivity contribution >= 4 is 23.2 Å². The summed E-state index contributed by atoms with van der Waals surface area (Å²) >= 11 is 12.7. The van der Waals surface area contributed by atoms with Crippen LogP contribution in [0.2, 0.25) is 0 Å². The van der Waals surface area contributed by atoms with E-state index in [1.54, 1.807) is 0 Å². The van der Waals surface area contributed by atoms with Gasteiger partial charge in [0.2, 0.25) is 0 Å². The van der Waals surface area contributed by atoms with Gasteiger partial charge in [-0.05, 0) is 30.7 Å². The van der Waals surface area contributed by atoms with E-state index in [4.69, 9.17) is 23.2 Å². The molecule has 0 saturated heterocycles. The first-order valence-electron chi connectivity index (χ1n) is 6.38. The molecule has 0 amide bonds. The van der Waals surface area contributed by atoms with Crippen molar-refractivity contribution in [3.05, 3.63) is 65.6 Å². The quantitative estimate of drug-likeness (QED) is 0.489. The molecule has 2 aromatic rings. The summed E-state index contributed by atoms with van der Waals surface area (Å²) in [5, 5.41) is 0. The van der Waals surface area contributed by atoms with Crippen LogP contribution in [-0.2, 0) is 5.41 Å². The highest BCUT2D eigenvalue weighted by atomic mass is 35.5. The molecule has 0 aliphatic heterocycles. The Kier molecular flexibility index (Phi) is 3.03. The Balaban J connectivity index is 2.36. The molecule has 0 aromatic heterocycles. The van der Waals surface area contributed by atoms with Gasteiger partial charge in [0.25, 0.3) is 0 Å². The van der Waals surface area contributed by atoms with E-state index in [-0.39, 0.29) is 5.41 Å². The van der Waals surface area contributed by atoms with Crippen LogP contribution in [0, 0.1) is 5.92 Å². The fourth-order valence-corrected chi connectivity index (χ4v) is 3.54. The summed E-state index contributed by atoms with van der Waals surface area (Å²) < 4.78 is 0. The third kappa shape index (κ3) is 1.70. The fourth-order valence-electron chi connectivity index (χ4n) is 2.98. The minimum atomic E-state index is -0.470. The number of halogens is 2. The lowest BCUT2D eigenvalue weighted by atomic mass is 9.64. The zero-order valence-corrected chi connectivity index (χ0v) is 12.5. The Morgan fingerprint density at radius 3 is 2.21 bits per heavy atom. The van der Waals surface area contributed by atoms with Gasteiger partial charge in [-0.1, -0.05) is 18.2 Å². The molecule has 0 nitrogen and oxygen atoms in total. The summed E-state index contributed by atoms with van der Waals surface area (Å²) in [5.74, 6) is 1.23. The van der Waals surface area contributed by atoms with Crippen LogP contribution in [-0.4, -0.2) is 4.84 Å². The highest BCUT2D eigenvalue weighted by Gasteiger charge is 2.50. The third-order valence-electron chi connectivity index (χ3n) is 4.32. The second kappa shape index (κ2) is 4.47. The number of rotatable bonds is 1. The van der Waals surface area contributed by atoms with Gasteiger partial charge < -0.3 is 0 Å². The molecule has 1 aliphatic carbocycles. The van der Waals surface area contributed by atoms with Crippen LogP contribution in [0.3, 0.4) is 0 Å². The highest BCUT2D eigenvalue weighted by Crippen LogP contribution is 2.53. The van der Waals surface area contributed by atoms with E-state index in [0.717, 1.165) is 0 Å². The molecule has 1 atom stereocenters. The molecule has 3 rings (SSSR count). The van der Waals surface area contributed by atoms with Gasteiger partial charge in [-0.15, -0.1) is 23.2 Å². The predicted octanol–water partition coefficient (Wildman–Crippen LogP) is 5.37. The van der Waals surface area contributed by atoms with Gasteiger partial charge in [0.05, 0.1) is 11.0 Å². The number of hydrogen-bond donors (Lipinski definition) is 0. The molecule has 0 bridgehead atoms. The van der Waals surface area contributed by atoms with Gasteiger partial charge >= 0.3 is 0 Å². The Bertz CT molecular complexity index is 618. The fraction of sp³-hybridized carbons (Fsp3) is 0.235. The maximum absolute atomic E-state index is 6.33. The minimum absolute atomic E-state index is 0.339. The van der Waals surface area contributed by atoms with E-state index in [9.17, 15) is 0 Å².